The summed E-state index contributed by atoms with van der Waals surface area (Å²) in [5.74, 6) is 6.69. The van der Waals surface area contributed by atoms with Crippen molar-refractivity contribution in [1.82, 2.24) is 34.4 Å². The molecule has 2 aromatic carbocycles. The third-order valence-electron chi connectivity index (χ3n) is 7.67. The molecule has 1 fully saturated rings. The van der Waals surface area contributed by atoms with E-state index in [0.717, 1.165) is 12.8 Å². The lowest BCUT2D eigenvalue weighted by atomic mass is 9.96. The first-order chi connectivity index (χ1) is 20.8. The zero-order chi connectivity index (χ0) is 30.1. The zero-order valence-corrected chi connectivity index (χ0v) is 23.8. The minimum absolute atomic E-state index is 0.0468. The highest BCUT2D eigenvalue weighted by Gasteiger charge is 2.25. The van der Waals surface area contributed by atoms with Crippen LogP contribution >= 0.6 is 0 Å². The van der Waals surface area contributed by atoms with Crippen molar-refractivity contribution in [3.8, 4) is 17.5 Å². The molecule has 11 nitrogen and oxygen atoms in total. The van der Waals surface area contributed by atoms with Gasteiger partial charge in [-0.25, -0.2) is 14.5 Å². The Morgan fingerprint density at radius 1 is 1.07 bits per heavy atom. The van der Waals surface area contributed by atoms with E-state index in [4.69, 9.17) is 10.7 Å². The average molecular weight is 575 g/mol. The molecule has 3 N–H and O–H groups in total. The lowest BCUT2D eigenvalue weighted by Crippen LogP contribution is -2.36. The van der Waals surface area contributed by atoms with Gasteiger partial charge in [0.2, 0.25) is 5.91 Å². The fourth-order valence-corrected chi connectivity index (χ4v) is 5.44. The quantitative estimate of drug-likeness (QED) is 0.314. The van der Waals surface area contributed by atoms with Crippen LogP contribution in [0.5, 0.6) is 0 Å². The summed E-state index contributed by atoms with van der Waals surface area (Å²) in [4.78, 5) is 50.3. The highest BCUT2D eigenvalue weighted by Crippen LogP contribution is 2.23. The summed E-state index contributed by atoms with van der Waals surface area (Å²) >= 11 is 0. The Kier molecular flexibility index (Phi) is 7.34. The Balaban J connectivity index is 1.40. The average Bonchev–Trinajstić information content (AvgIpc) is 3.36. The maximum absolute atomic E-state index is 14.2. The van der Waals surface area contributed by atoms with E-state index >= 15 is 0 Å². The van der Waals surface area contributed by atoms with Gasteiger partial charge in [-0.1, -0.05) is 36.1 Å². The standard InChI is InChI=1S/C32H30N8O3/c1-20(35-31(42)27-28(33)37-39-17-7-16-34-30(27)39)29-36-25-11-6-8-23(13-12-22-14-18-38(19-15-22)21(2)41)26(25)32(43)40(29)24-9-4-3-5-10-24/h3-11,16-17,20,22H,14-15,18-19H2,1-2H3,(H2,33,37)(H,35,42). The minimum atomic E-state index is -0.691. The Morgan fingerprint density at radius 3 is 2.58 bits per heavy atom. The number of nitrogens with two attached hydrogens (primary N) is 1. The van der Waals surface area contributed by atoms with Crippen LogP contribution in [0.2, 0.25) is 0 Å². The van der Waals surface area contributed by atoms with Crippen LogP contribution in [-0.2, 0) is 4.79 Å². The predicted octanol–water partition coefficient (Wildman–Crippen LogP) is 3.11. The number of nitrogens with zero attached hydrogens (tertiary/aromatic N) is 6. The van der Waals surface area contributed by atoms with Crippen molar-refractivity contribution in [3.63, 3.8) is 0 Å². The van der Waals surface area contributed by atoms with Crippen LogP contribution in [0.25, 0.3) is 22.2 Å². The molecular formula is C32H30N8O3. The van der Waals surface area contributed by atoms with Gasteiger partial charge in [0.05, 0.1) is 22.6 Å². The van der Waals surface area contributed by atoms with Crippen LogP contribution in [-0.4, -0.2) is 54.0 Å². The lowest BCUT2D eigenvalue weighted by Gasteiger charge is -2.28. The van der Waals surface area contributed by atoms with Gasteiger partial charge in [0.1, 0.15) is 11.4 Å². The van der Waals surface area contributed by atoms with Crippen LogP contribution in [0.1, 0.15) is 54.5 Å². The van der Waals surface area contributed by atoms with Crippen LogP contribution in [0.15, 0.2) is 71.8 Å². The van der Waals surface area contributed by atoms with Crippen LogP contribution in [0, 0.1) is 17.8 Å². The van der Waals surface area contributed by atoms with Gasteiger partial charge in [0, 0.05) is 43.9 Å². The molecule has 0 bridgehead atoms. The fraction of sp³-hybridized carbons (Fsp3) is 0.250. The van der Waals surface area contributed by atoms with Crippen LogP contribution in [0.3, 0.4) is 0 Å². The number of carbonyl (C=O) groups excluding carboxylic acids is 2. The topological polar surface area (TPSA) is 141 Å². The number of nitrogen functional groups attached to an aromatic ring is 1. The van der Waals surface area contributed by atoms with Crippen molar-refractivity contribution >= 4 is 34.2 Å². The maximum Gasteiger partial charge on any atom is 0.267 e. The van der Waals surface area contributed by atoms with Crippen molar-refractivity contribution in [2.24, 2.45) is 5.92 Å². The van der Waals surface area contributed by atoms with Crippen molar-refractivity contribution in [1.29, 1.82) is 0 Å². The summed E-state index contributed by atoms with van der Waals surface area (Å²) in [6.07, 6.45) is 4.80. The summed E-state index contributed by atoms with van der Waals surface area (Å²) in [6, 6.07) is 15.6. The normalized spacial score (nSPS) is 14.3. The van der Waals surface area contributed by atoms with E-state index in [1.165, 1.54) is 9.08 Å². The third-order valence-corrected chi connectivity index (χ3v) is 7.67. The first kappa shape index (κ1) is 27.7. The Labute approximate surface area is 247 Å². The van der Waals surface area contributed by atoms with E-state index in [1.54, 1.807) is 38.4 Å². The number of piperidine rings is 1. The summed E-state index contributed by atoms with van der Waals surface area (Å²) in [7, 11) is 0. The maximum atomic E-state index is 14.2. The molecule has 5 aromatic rings. The molecule has 3 aromatic heterocycles. The molecule has 1 saturated heterocycles. The minimum Gasteiger partial charge on any atom is -0.381 e. The predicted molar refractivity (Wildman–Crippen MR) is 162 cm³/mol. The number of benzene rings is 2. The molecule has 0 radical (unpaired) electrons. The molecule has 11 heteroatoms. The summed E-state index contributed by atoms with van der Waals surface area (Å²) in [6.45, 7) is 4.70. The number of nitrogens with one attached hydrogen (secondary N) is 1. The lowest BCUT2D eigenvalue weighted by molar-refractivity contribution is -0.129. The molecule has 1 unspecified atom stereocenters. The monoisotopic (exact) mass is 574 g/mol. The van der Waals surface area contributed by atoms with Gasteiger partial charge < -0.3 is 16.0 Å². The molecule has 1 atom stereocenters. The number of hydrogen-bond acceptors (Lipinski definition) is 7. The first-order valence-electron chi connectivity index (χ1n) is 14.1. The fourth-order valence-electron chi connectivity index (χ4n) is 5.44. The number of carbonyl (C=O) groups is 2. The van der Waals surface area contributed by atoms with E-state index in [0.29, 0.717) is 46.7 Å². The Hall–Kier alpha value is -5.50. The summed E-state index contributed by atoms with van der Waals surface area (Å²) < 4.78 is 2.96. The molecule has 0 aliphatic carbocycles. The van der Waals surface area contributed by atoms with Gasteiger partial charge in [0.15, 0.2) is 11.5 Å². The van der Waals surface area contributed by atoms with Crippen LogP contribution in [0.4, 0.5) is 5.82 Å². The van der Waals surface area contributed by atoms with Gasteiger partial charge in [-0.05, 0) is 50.1 Å². The Morgan fingerprint density at radius 2 is 1.84 bits per heavy atom. The van der Waals surface area contributed by atoms with E-state index in [-0.39, 0.29) is 28.8 Å². The van der Waals surface area contributed by atoms with E-state index in [9.17, 15) is 14.4 Å². The second-order valence-corrected chi connectivity index (χ2v) is 10.5. The third kappa shape index (κ3) is 5.30. The molecular weight excluding hydrogens is 544 g/mol. The first-order valence-corrected chi connectivity index (χ1v) is 14.1. The number of rotatable bonds is 4. The van der Waals surface area contributed by atoms with Crippen molar-refractivity contribution in [2.75, 3.05) is 18.8 Å². The summed E-state index contributed by atoms with van der Waals surface area (Å²) in [5, 5.41) is 7.52. The van der Waals surface area contributed by atoms with Gasteiger partial charge in [-0.15, -0.1) is 5.10 Å². The largest absolute Gasteiger partial charge is 0.381 e. The molecule has 1 aliphatic rings. The van der Waals surface area contributed by atoms with Gasteiger partial charge in [-0.3, -0.25) is 19.0 Å². The molecule has 216 valence electrons. The summed E-state index contributed by atoms with van der Waals surface area (Å²) in [5.41, 5.74) is 7.92. The molecule has 0 spiro atoms. The van der Waals surface area contributed by atoms with E-state index in [2.05, 4.69) is 27.2 Å². The van der Waals surface area contributed by atoms with Crippen LogP contribution < -0.4 is 16.6 Å². The highest BCUT2D eigenvalue weighted by atomic mass is 16.2. The molecule has 0 saturated carbocycles. The number of hydrogen-bond donors (Lipinski definition) is 2. The molecule has 2 amide bonds. The van der Waals surface area contributed by atoms with Gasteiger partial charge in [0.25, 0.3) is 11.5 Å². The number of fused-ring (bicyclic) bond motifs is 2. The van der Waals surface area contributed by atoms with Crippen molar-refractivity contribution in [2.45, 2.75) is 32.7 Å². The number of para-hydroxylation sites is 1. The van der Waals surface area contributed by atoms with E-state index < -0.39 is 11.9 Å². The highest BCUT2D eigenvalue weighted by molar-refractivity contribution is 6.04. The smallest absolute Gasteiger partial charge is 0.267 e. The number of amides is 2. The number of anilines is 1. The van der Waals surface area contributed by atoms with Gasteiger partial charge >= 0.3 is 0 Å². The second-order valence-electron chi connectivity index (χ2n) is 10.5. The molecule has 1 aliphatic heterocycles. The SMILES string of the molecule is CC(=O)N1CCC(C#Cc2cccc3nc(C(C)NC(=O)c4c(N)nn5cccnc45)n(-c4ccccc4)c(=O)c23)CC1. The number of aromatic nitrogens is 5. The van der Waals surface area contributed by atoms with Crippen molar-refractivity contribution < 1.29 is 9.59 Å². The number of likely N-dealkylation sites (tertiary alicyclic amines) is 1. The zero-order valence-electron chi connectivity index (χ0n) is 23.8. The second kappa shape index (κ2) is 11.4. The van der Waals surface area contributed by atoms with E-state index in [1.807, 2.05) is 47.4 Å². The molecule has 4 heterocycles. The molecule has 43 heavy (non-hydrogen) atoms. The Bertz CT molecular complexity index is 1980. The van der Waals surface area contributed by atoms with Gasteiger partial charge in [-0.2, -0.15) is 0 Å². The van der Waals surface area contributed by atoms with Crippen molar-refractivity contribution in [3.05, 3.63) is 94.3 Å². The molecule has 6 rings (SSSR count).